The second kappa shape index (κ2) is 5.35. The van der Waals surface area contributed by atoms with Gasteiger partial charge in [-0.1, -0.05) is 0 Å². The smallest absolute Gasteiger partial charge is 0.186 e. The first-order valence-corrected chi connectivity index (χ1v) is 5.45. The number of aromatic nitrogens is 2. The molecule has 1 heterocycles. The van der Waals surface area contributed by atoms with Crippen molar-refractivity contribution < 1.29 is 14.3 Å². The Balaban J connectivity index is 2.24. The number of imidazole rings is 1. The Hall–Kier alpha value is -2.30. The Morgan fingerprint density at radius 1 is 1.33 bits per heavy atom. The SMILES string of the molecule is COc1ccc(C(=O)Cn2ccnc2)c(OC)c1. The lowest BCUT2D eigenvalue weighted by molar-refractivity contribution is 0.0969. The summed E-state index contributed by atoms with van der Waals surface area (Å²) >= 11 is 0. The van der Waals surface area contributed by atoms with Gasteiger partial charge in [-0.25, -0.2) is 4.98 Å². The fourth-order valence-corrected chi connectivity index (χ4v) is 1.66. The average Bonchev–Trinajstić information content (AvgIpc) is 2.90. The maximum Gasteiger partial charge on any atom is 0.186 e. The topological polar surface area (TPSA) is 53.4 Å². The number of ketones is 1. The molecule has 5 nitrogen and oxygen atoms in total. The van der Waals surface area contributed by atoms with E-state index in [1.807, 2.05) is 0 Å². The van der Waals surface area contributed by atoms with Crippen LogP contribution in [-0.4, -0.2) is 29.6 Å². The zero-order valence-corrected chi connectivity index (χ0v) is 10.3. The van der Waals surface area contributed by atoms with E-state index >= 15 is 0 Å². The molecule has 0 aliphatic heterocycles. The second-order valence-corrected chi connectivity index (χ2v) is 3.72. The molecule has 94 valence electrons. The van der Waals surface area contributed by atoms with Crippen molar-refractivity contribution in [1.82, 2.24) is 9.55 Å². The monoisotopic (exact) mass is 246 g/mol. The molecule has 0 unspecified atom stereocenters. The number of methoxy groups -OCH3 is 2. The summed E-state index contributed by atoms with van der Waals surface area (Å²) in [4.78, 5) is 16.0. The first kappa shape index (κ1) is 12.2. The van der Waals surface area contributed by atoms with Gasteiger partial charge in [0, 0.05) is 18.5 Å². The van der Waals surface area contributed by atoms with Crippen LogP contribution in [0.3, 0.4) is 0 Å². The van der Waals surface area contributed by atoms with Crippen molar-refractivity contribution in [3.05, 3.63) is 42.5 Å². The molecule has 0 radical (unpaired) electrons. The van der Waals surface area contributed by atoms with Crippen LogP contribution in [0.1, 0.15) is 10.4 Å². The Labute approximate surface area is 105 Å². The van der Waals surface area contributed by atoms with Crippen LogP contribution in [0.5, 0.6) is 11.5 Å². The molecule has 2 aromatic rings. The molecule has 0 bridgehead atoms. The van der Waals surface area contributed by atoms with Crippen LogP contribution >= 0.6 is 0 Å². The highest BCUT2D eigenvalue weighted by molar-refractivity contribution is 5.98. The van der Waals surface area contributed by atoms with Crippen molar-refractivity contribution in [1.29, 1.82) is 0 Å². The number of carbonyl (C=O) groups excluding carboxylic acids is 1. The van der Waals surface area contributed by atoms with E-state index in [1.54, 1.807) is 48.6 Å². The lowest BCUT2D eigenvalue weighted by Gasteiger charge is -2.09. The summed E-state index contributed by atoms with van der Waals surface area (Å²) < 4.78 is 12.0. The van der Waals surface area contributed by atoms with Crippen LogP contribution in [0.25, 0.3) is 0 Å². The molecule has 5 heteroatoms. The fourth-order valence-electron chi connectivity index (χ4n) is 1.66. The van der Waals surface area contributed by atoms with Crippen LogP contribution in [-0.2, 0) is 6.54 Å². The van der Waals surface area contributed by atoms with Crippen LogP contribution in [0.4, 0.5) is 0 Å². The molecule has 0 saturated heterocycles. The highest BCUT2D eigenvalue weighted by Crippen LogP contribution is 2.25. The van der Waals surface area contributed by atoms with Crippen molar-refractivity contribution in [2.45, 2.75) is 6.54 Å². The summed E-state index contributed by atoms with van der Waals surface area (Å²) in [7, 11) is 3.10. The van der Waals surface area contributed by atoms with Crippen LogP contribution in [0, 0.1) is 0 Å². The predicted octanol–water partition coefficient (Wildman–Crippen LogP) is 1.78. The second-order valence-electron chi connectivity index (χ2n) is 3.72. The molecule has 2 rings (SSSR count). The first-order chi connectivity index (χ1) is 8.74. The van der Waals surface area contributed by atoms with Crippen molar-refractivity contribution in [3.63, 3.8) is 0 Å². The lowest BCUT2D eigenvalue weighted by atomic mass is 10.1. The van der Waals surface area contributed by atoms with Crippen molar-refractivity contribution in [2.75, 3.05) is 14.2 Å². The van der Waals surface area contributed by atoms with Gasteiger partial charge in [0.15, 0.2) is 5.78 Å². The Morgan fingerprint density at radius 2 is 2.17 bits per heavy atom. The van der Waals surface area contributed by atoms with E-state index in [2.05, 4.69) is 4.98 Å². The van der Waals surface area contributed by atoms with E-state index in [-0.39, 0.29) is 12.3 Å². The number of benzene rings is 1. The number of nitrogens with zero attached hydrogens (tertiary/aromatic N) is 2. The van der Waals surface area contributed by atoms with E-state index in [0.717, 1.165) is 0 Å². The average molecular weight is 246 g/mol. The summed E-state index contributed by atoms with van der Waals surface area (Å²) in [5.41, 5.74) is 0.534. The van der Waals surface area contributed by atoms with Crippen LogP contribution < -0.4 is 9.47 Å². The molecular weight excluding hydrogens is 232 g/mol. The number of hydrogen-bond acceptors (Lipinski definition) is 4. The number of carbonyl (C=O) groups is 1. The highest BCUT2D eigenvalue weighted by atomic mass is 16.5. The standard InChI is InChI=1S/C13H14N2O3/c1-17-10-3-4-11(13(7-10)18-2)12(16)8-15-6-5-14-9-15/h3-7,9H,8H2,1-2H3. The first-order valence-electron chi connectivity index (χ1n) is 5.45. The van der Waals surface area contributed by atoms with Gasteiger partial charge in [-0.15, -0.1) is 0 Å². The zero-order valence-electron chi connectivity index (χ0n) is 10.3. The molecule has 1 aromatic carbocycles. The largest absolute Gasteiger partial charge is 0.497 e. The number of Topliss-reactive ketones (excluding diaryl/α,β-unsaturated/α-hetero) is 1. The minimum Gasteiger partial charge on any atom is -0.497 e. The van der Waals surface area contributed by atoms with Crippen molar-refractivity contribution in [3.8, 4) is 11.5 Å². The Kier molecular flexibility index (Phi) is 3.62. The molecule has 0 fully saturated rings. The maximum absolute atomic E-state index is 12.1. The van der Waals surface area contributed by atoms with Crippen LogP contribution in [0.2, 0.25) is 0 Å². The molecule has 0 aliphatic rings. The van der Waals surface area contributed by atoms with E-state index in [1.165, 1.54) is 7.11 Å². The maximum atomic E-state index is 12.1. The summed E-state index contributed by atoms with van der Waals surface area (Å²) in [6.45, 7) is 0.239. The van der Waals surface area contributed by atoms with Gasteiger partial charge in [0.25, 0.3) is 0 Å². The van der Waals surface area contributed by atoms with E-state index in [0.29, 0.717) is 17.1 Å². The molecule has 0 saturated carbocycles. The predicted molar refractivity (Wildman–Crippen MR) is 66.1 cm³/mol. The Bertz CT molecular complexity index is 535. The minimum atomic E-state index is -0.0347. The quantitative estimate of drug-likeness (QED) is 0.755. The molecule has 0 spiro atoms. The van der Waals surface area contributed by atoms with Crippen molar-refractivity contribution in [2.24, 2.45) is 0 Å². The van der Waals surface area contributed by atoms with E-state index in [4.69, 9.17) is 9.47 Å². The molecular formula is C13H14N2O3. The van der Waals surface area contributed by atoms with Gasteiger partial charge in [0.2, 0.25) is 0 Å². The van der Waals surface area contributed by atoms with Crippen molar-refractivity contribution >= 4 is 5.78 Å². The molecule has 0 N–H and O–H groups in total. The number of hydrogen-bond donors (Lipinski definition) is 0. The van der Waals surface area contributed by atoms with E-state index in [9.17, 15) is 4.79 Å². The molecule has 0 aliphatic carbocycles. The normalized spacial score (nSPS) is 10.1. The fraction of sp³-hybridized carbons (Fsp3) is 0.231. The molecule has 1 aromatic heterocycles. The van der Waals surface area contributed by atoms with Gasteiger partial charge in [-0.05, 0) is 12.1 Å². The van der Waals surface area contributed by atoms with Gasteiger partial charge in [-0.2, -0.15) is 0 Å². The third kappa shape index (κ3) is 2.51. The summed E-state index contributed by atoms with van der Waals surface area (Å²) in [5, 5.41) is 0. The van der Waals surface area contributed by atoms with E-state index < -0.39 is 0 Å². The third-order valence-corrected chi connectivity index (χ3v) is 2.59. The number of ether oxygens (including phenoxy) is 2. The molecule has 0 atom stereocenters. The lowest BCUT2D eigenvalue weighted by Crippen LogP contribution is -2.10. The number of rotatable bonds is 5. The van der Waals surface area contributed by atoms with Gasteiger partial charge >= 0.3 is 0 Å². The molecule has 18 heavy (non-hydrogen) atoms. The third-order valence-electron chi connectivity index (χ3n) is 2.59. The summed E-state index contributed by atoms with van der Waals surface area (Å²) in [6.07, 6.45) is 4.99. The van der Waals surface area contributed by atoms with Gasteiger partial charge in [0.05, 0.1) is 32.7 Å². The van der Waals surface area contributed by atoms with Gasteiger partial charge in [-0.3, -0.25) is 4.79 Å². The Morgan fingerprint density at radius 3 is 2.78 bits per heavy atom. The summed E-state index contributed by atoms with van der Waals surface area (Å²) in [5.74, 6) is 1.14. The summed E-state index contributed by atoms with van der Waals surface area (Å²) in [6, 6.07) is 5.14. The van der Waals surface area contributed by atoms with Gasteiger partial charge < -0.3 is 14.0 Å². The van der Waals surface area contributed by atoms with Gasteiger partial charge in [0.1, 0.15) is 11.5 Å². The van der Waals surface area contributed by atoms with Crippen LogP contribution in [0.15, 0.2) is 36.9 Å². The molecule has 0 amide bonds. The highest BCUT2D eigenvalue weighted by Gasteiger charge is 2.13. The zero-order chi connectivity index (χ0) is 13.0. The minimum absolute atomic E-state index is 0.0347.